The topological polar surface area (TPSA) is 74.0 Å². The van der Waals surface area contributed by atoms with Crippen molar-refractivity contribution in [1.29, 1.82) is 0 Å². The van der Waals surface area contributed by atoms with Crippen molar-refractivity contribution in [3.8, 4) is 5.75 Å². The average Bonchev–Trinajstić information content (AvgIpc) is 3.25. The summed E-state index contributed by atoms with van der Waals surface area (Å²) in [6.07, 6.45) is 4.42. The lowest BCUT2D eigenvalue weighted by molar-refractivity contribution is 0.0945. The highest BCUT2D eigenvalue weighted by atomic mass is 79.9. The van der Waals surface area contributed by atoms with E-state index in [9.17, 15) is 4.79 Å². The molecule has 0 radical (unpaired) electrons. The Hall–Kier alpha value is -2.32. The molecule has 1 N–H and O–H groups in total. The molecule has 0 saturated carbocycles. The fourth-order valence-corrected chi connectivity index (χ4v) is 3.15. The van der Waals surface area contributed by atoms with Crippen LogP contribution in [0, 0.1) is 13.8 Å². The van der Waals surface area contributed by atoms with Gasteiger partial charge in [-0.05, 0) is 66.0 Å². The van der Waals surface area contributed by atoms with Crippen molar-refractivity contribution in [1.82, 2.24) is 24.9 Å². The molecule has 9 heteroatoms. The third kappa shape index (κ3) is 5.36. The first-order valence-corrected chi connectivity index (χ1v) is 9.99. The maximum Gasteiger partial charge on any atom is 0.271 e. The van der Waals surface area contributed by atoms with E-state index >= 15 is 0 Å². The number of aromatic nitrogens is 4. The number of halogens is 2. The van der Waals surface area contributed by atoms with E-state index in [0.717, 1.165) is 34.4 Å². The van der Waals surface area contributed by atoms with E-state index < -0.39 is 0 Å². The second-order valence-corrected chi connectivity index (χ2v) is 7.65. The Labute approximate surface area is 176 Å². The van der Waals surface area contributed by atoms with Gasteiger partial charge in [-0.15, -0.1) is 0 Å². The molecule has 2 heterocycles. The summed E-state index contributed by atoms with van der Waals surface area (Å²) in [5, 5.41) is 12.2. The summed E-state index contributed by atoms with van der Waals surface area (Å²) in [5.74, 6) is 0.519. The van der Waals surface area contributed by atoms with Crippen LogP contribution in [-0.2, 0) is 13.3 Å². The lowest BCUT2D eigenvalue weighted by Crippen LogP contribution is -2.26. The van der Waals surface area contributed by atoms with E-state index in [1.807, 2.05) is 36.9 Å². The molecule has 28 heavy (non-hydrogen) atoms. The van der Waals surface area contributed by atoms with E-state index in [4.69, 9.17) is 16.3 Å². The molecule has 0 bridgehead atoms. The molecule has 0 aliphatic carbocycles. The third-order valence-electron chi connectivity index (χ3n) is 4.10. The molecule has 3 rings (SSSR count). The highest BCUT2D eigenvalue weighted by Crippen LogP contribution is 2.22. The minimum Gasteiger partial charge on any atom is -0.471 e. The van der Waals surface area contributed by atoms with Gasteiger partial charge in [0.25, 0.3) is 5.91 Å². The molecular formula is C19H21BrClN5O2. The van der Waals surface area contributed by atoms with Gasteiger partial charge in [0.15, 0.2) is 6.73 Å². The fourth-order valence-electron chi connectivity index (χ4n) is 2.61. The van der Waals surface area contributed by atoms with Crippen LogP contribution in [0.25, 0.3) is 0 Å². The first-order valence-electron chi connectivity index (χ1n) is 8.82. The van der Waals surface area contributed by atoms with Crippen LogP contribution >= 0.6 is 27.5 Å². The van der Waals surface area contributed by atoms with E-state index in [1.165, 1.54) is 0 Å². The maximum absolute atomic E-state index is 12.2. The van der Waals surface area contributed by atoms with E-state index in [0.29, 0.717) is 17.3 Å². The number of amides is 1. The summed E-state index contributed by atoms with van der Waals surface area (Å²) in [7, 11) is 0. The number of nitrogens with zero attached hydrogens (tertiary/aromatic N) is 4. The first-order chi connectivity index (χ1) is 13.4. The standard InChI is InChI=1S/C19H21BrClN5O2/c1-13-10-15(21)4-5-18(13)28-12-26-9-6-17(24-26)19(27)22-7-3-8-25-11-16(20)14(2)23-25/h4-6,9-11H,3,7-8,12H2,1-2H3,(H,22,27). The van der Waals surface area contributed by atoms with Crippen LogP contribution in [0.3, 0.4) is 0 Å². The molecule has 0 unspecified atom stereocenters. The number of hydrogen-bond acceptors (Lipinski definition) is 4. The fraction of sp³-hybridized carbons (Fsp3) is 0.316. The molecule has 0 fully saturated rings. The molecule has 0 saturated heterocycles. The van der Waals surface area contributed by atoms with Crippen molar-refractivity contribution in [2.45, 2.75) is 33.5 Å². The van der Waals surface area contributed by atoms with Crippen LogP contribution in [-0.4, -0.2) is 32.0 Å². The molecule has 1 amide bonds. The van der Waals surface area contributed by atoms with Gasteiger partial charge in [-0.2, -0.15) is 10.2 Å². The highest BCUT2D eigenvalue weighted by molar-refractivity contribution is 9.10. The second-order valence-electron chi connectivity index (χ2n) is 6.36. The summed E-state index contributed by atoms with van der Waals surface area (Å²) < 4.78 is 10.1. The van der Waals surface area contributed by atoms with Crippen molar-refractivity contribution >= 4 is 33.4 Å². The zero-order valence-corrected chi connectivity index (χ0v) is 18.0. The van der Waals surface area contributed by atoms with E-state index in [1.54, 1.807) is 23.0 Å². The number of carbonyl (C=O) groups excluding carboxylic acids is 1. The summed E-state index contributed by atoms with van der Waals surface area (Å²) >= 11 is 9.38. The zero-order chi connectivity index (χ0) is 20.1. The highest BCUT2D eigenvalue weighted by Gasteiger charge is 2.10. The third-order valence-corrected chi connectivity index (χ3v) is 5.11. The van der Waals surface area contributed by atoms with Gasteiger partial charge in [0.2, 0.25) is 0 Å². The summed E-state index contributed by atoms with van der Waals surface area (Å²) in [4.78, 5) is 12.2. The monoisotopic (exact) mass is 465 g/mol. The van der Waals surface area contributed by atoms with Crippen molar-refractivity contribution in [2.24, 2.45) is 0 Å². The quantitative estimate of drug-likeness (QED) is 0.510. The summed E-state index contributed by atoms with van der Waals surface area (Å²) in [6.45, 7) is 5.35. The number of rotatable bonds is 8. The van der Waals surface area contributed by atoms with Gasteiger partial charge in [0.05, 0.1) is 10.2 Å². The van der Waals surface area contributed by atoms with Gasteiger partial charge in [0, 0.05) is 30.5 Å². The Kier molecular flexibility index (Phi) is 6.74. The largest absolute Gasteiger partial charge is 0.471 e. The van der Waals surface area contributed by atoms with Crippen LogP contribution in [0.1, 0.15) is 28.2 Å². The number of benzene rings is 1. The average molecular weight is 467 g/mol. The van der Waals surface area contributed by atoms with Gasteiger partial charge in [0.1, 0.15) is 11.4 Å². The zero-order valence-electron chi connectivity index (χ0n) is 15.7. The van der Waals surface area contributed by atoms with Crippen LogP contribution in [0.2, 0.25) is 5.02 Å². The SMILES string of the molecule is Cc1cc(Cl)ccc1OCn1ccc(C(=O)NCCCn2cc(Br)c(C)n2)n1. The smallest absolute Gasteiger partial charge is 0.271 e. The normalized spacial score (nSPS) is 10.9. The van der Waals surface area contributed by atoms with Crippen molar-refractivity contribution < 1.29 is 9.53 Å². The van der Waals surface area contributed by atoms with Crippen LogP contribution in [0.15, 0.2) is 41.1 Å². The van der Waals surface area contributed by atoms with Crippen LogP contribution < -0.4 is 10.1 Å². The molecule has 148 valence electrons. The van der Waals surface area contributed by atoms with E-state index in [-0.39, 0.29) is 12.6 Å². The Morgan fingerprint density at radius 2 is 2.07 bits per heavy atom. The lowest BCUT2D eigenvalue weighted by Gasteiger charge is -2.09. The van der Waals surface area contributed by atoms with Crippen molar-refractivity contribution in [3.05, 3.63) is 63.1 Å². The molecular weight excluding hydrogens is 446 g/mol. The molecule has 7 nitrogen and oxygen atoms in total. The lowest BCUT2D eigenvalue weighted by atomic mass is 10.2. The molecule has 0 atom stereocenters. The Balaban J connectivity index is 1.44. The minimum absolute atomic E-state index is 0.209. The maximum atomic E-state index is 12.2. The molecule has 3 aromatic rings. The Morgan fingerprint density at radius 3 is 2.79 bits per heavy atom. The predicted molar refractivity (Wildman–Crippen MR) is 111 cm³/mol. The molecule has 2 aromatic heterocycles. The van der Waals surface area contributed by atoms with Crippen molar-refractivity contribution in [3.63, 3.8) is 0 Å². The number of carbonyl (C=O) groups is 1. The molecule has 0 aliphatic rings. The summed E-state index contributed by atoms with van der Waals surface area (Å²) in [5.41, 5.74) is 2.25. The van der Waals surface area contributed by atoms with Gasteiger partial charge in [-0.25, -0.2) is 4.68 Å². The molecule has 1 aromatic carbocycles. The van der Waals surface area contributed by atoms with Gasteiger partial charge in [-0.3, -0.25) is 9.48 Å². The van der Waals surface area contributed by atoms with Gasteiger partial charge in [-0.1, -0.05) is 11.6 Å². The molecule has 0 spiro atoms. The van der Waals surface area contributed by atoms with E-state index in [2.05, 4.69) is 31.4 Å². The predicted octanol–water partition coefficient (Wildman–Crippen LogP) is 3.97. The number of aryl methyl sites for hydroxylation is 3. The number of ether oxygens (including phenoxy) is 1. The van der Waals surface area contributed by atoms with Crippen molar-refractivity contribution in [2.75, 3.05) is 6.54 Å². The first kappa shape index (κ1) is 20.4. The Bertz CT molecular complexity index is 950. The Morgan fingerprint density at radius 1 is 1.25 bits per heavy atom. The van der Waals surface area contributed by atoms with Crippen LogP contribution in [0.4, 0.5) is 0 Å². The van der Waals surface area contributed by atoms with Crippen LogP contribution in [0.5, 0.6) is 5.75 Å². The molecule has 0 aliphatic heterocycles. The number of hydrogen-bond donors (Lipinski definition) is 1. The second kappa shape index (κ2) is 9.25. The summed E-state index contributed by atoms with van der Waals surface area (Å²) in [6, 6.07) is 7.09. The minimum atomic E-state index is -0.209. The number of nitrogens with one attached hydrogen (secondary N) is 1. The van der Waals surface area contributed by atoms with Gasteiger partial charge >= 0.3 is 0 Å². The van der Waals surface area contributed by atoms with Gasteiger partial charge < -0.3 is 10.1 Å².